The van der Waals surface area contributed by atoms with Gasteiger partial charge in [0.05, 0.1) is 11.0 Å². The maximum atomic E-state index is 13.1. The fourth-order valence-electron chi connectivity index (χ4n) is 1.12. The van der Waals surface area contributed by atoms with Crippen LogP contribution in [-0.2, 0) is 6.42 Å². The summed E-state index contributed by atoms with van der Waals surface area (Å²) in [7, 11) is 0. The number of aryl methyl sites for hydroxylation is 1. The van der Waals surface area contributed by atoms with Gasteiger partial charge in [0.25, 0.3) is 5.69 Å². The zero-order valence-electron chi connectivity index (χ0n) is 7.29. The predicted octanol–water partition coefficient (Wildman–Crippen LogP) is 2.69. The van der Waals surface area contributed by atoms with Crippen LogP contribution in [0.15, 0.2) is 18.2 Å². The first kappa shape index (κ1) is 9.64. The summed E-state index contributed by atoms with van der Waals surface area (Å²) in [6, 6.07) is 3.76. The number of nitrogens with zero attached hydrogens (tertiary/aromatic N) is 1. The van der Waals surface area contributed by atoms with E-state index >= 15 is 0 Å². The summed E-state index contributed by atoms with van der Waals surface area (Å²) >= 11 is 0. The Bertz CT molecular complexity index is 325. The molecule has 0 heterocycles. The van der Waals surface area contributed by atoms with Gasteiger partial charge in [-0.05, 0) is 18.1 Å². The van der Waals surface area contributed by atoms with Crippen molar-refractivity contribution in [3.63, 3.8) is 0 Å². The van der Waals surface area contributed by atoms with E-state index in [1.165, 1.54) is 12.1 Å². The van der Waals surface area contributed by atoms with Crippen LogP contribution in [0.1, 0.15) is 18.9 Å². The molecule has 1 rings (SSSR count). The molecule has 0 amide bonds. The summed E-state index contributed by atoms with van der Waals surface area (Å²) < 4.78 is 13.1. The molecule has 4 heteroatoms. The summed E-state index contributed by atoms with van der Waals surface area (Å²) in [4.78, 5) is 9.66. The third-order valence-corrected chi connectivity index (χ3v) is 1.77. The van der Waals surface area contributed by atoms with Crippen molar-refractivity contribution in [3.05, 3.63) is 39.7 Å². The summed E-state index contributed by atoms with van der Waals surface area (Å²) in [6.07, 6.45) is 1.44. The van der Waals surface area contributed by atoms with Crippen LogP contribution in [0, 0.1) is 15.9 Å². The Morgan fingerprint density at radius 2 is 2.23 bits per heavy atom. The maximum Gasteiger partial charge on any atom is 0.272 e. The van der Waals surface area contributed by atoms with E-state index < -0.39 is 10.7 Å². The SMILES string of the molecule is CCCc1ccc([N+](=O)[O-])cc1F. The lowest BCUT2D eigenvalue weighted by molar-refractivity contribution is -0.385. The first-order valence-electron chi connectivity index (χ1n) is 4.08. The molecule has 0 N–H and O–H groups in total. The van der Waals surface area contributed by atoms with Crippen molar-refractivity contribution in [1.29, 1.82) is 0 Å². The number of nitro benzene ring substituents is 1. The minimum Gasteiger partial charge on any atom is -0.258 e. The van der Waals surface area contributed by atoms with Gasteiger partial charge in [-0.2, -0.15) is 0 Å². The smallest absolute Gasteiger partial charge is 0.258 e. The van der Waals surface area contributed by atoms with Gasteiger partial charge in [-0.3, -0.25) is 10.1 Å². The van der Waals surface area contributed by atoms with Crippen molar-refractivity contribution in [3.8, 4) is 0 Å². The van der Waals surface area contributed by atoms with E-state index in [1.54, 1.807) is 0 Å². The number of halogens is 1. The molecule has 0 aliphatic carbocycles. The maximum absolute atomic E-state index is 13.1. The van der Waals surface area contributed by atoms with E-state index in [1.807, 2.05) is 6.92 Å². The van der Waals surface area contributed by atoms with Crippen LogP contribution < -0.4 is 0 Å². The number of non-ortho nitro benzene ring substituents is 1. The molecular formula is C9H10FNO2. The van der Waals surface area contributed by atoms with E-state index in [9.17, 15) is 14.5 Å². The number of hydrogen-bond donors (Lipinski definition) is 0. The van der Waals surface area contributed by atoms with Crippen LogP contribution in [0.4, 0.5) is 10.1 Å². The molecule has 0 unspecified atom stereocenters. The van der Waals surface area contributed by atoms with Gasteiger partial charge in [0, 0.05) is 6.07 Å². The highest BCUT2D eigenvalue weighted by Crippen LogP contribution is 2.17. The van der Waals surface area contributed by atoms with Crippen LogP contribution in [0.3, 0.4) is 0 Å². The molecule has 0 aliphatic rings. The standard InChI is InChI=1S/C9H10FNO2/c1-2-3-7-4-5-8(11(12)13)6-9(7)10/h4-6H,2-3H2,1H3. The number of nitro groups is 1. The molecule has 3 nitrogen and oxygen atoms in total. The van der Waals surface area contributed by atoms with E-state index in [4.69, 9.17) is 0 Å². The molecule has 0 bridgehead atoms. The Balaban J connectivity index is 2.98. The van der Waals surface area contributed by atoms with E-state index in [0.29, 0.717) is 12.0 Å². The molecule has 0 aliphatic heterocycles. The Labute approximate surface area is 75.3 Å². The van der Waals surface area contributed by atoms with E-state index in [-0.39, 0.29) is 5.69 Å². The van der Waals surface area contributed by atoms with Crippen LogP contribution in [0.2, 0.25) is 0 Å². The number of benzene rings is 1. The lowest BCUT2D eigenvalue weighted by Gasteiger charge is -1.99. The lowest BCUT2D eigenvalue weighted by Crippen LogP contribution is -1.93. The van der Waals surface area contributed by atoms with Crippen molar-refractivity contribution < 1.29 is 9.31 Å². The van der Waals surface area contributed by atoms with Crippen molar-refractivity contribution in [1.82, 2.24) is 0 Å². The monoisotopic (exact) mass is 183 g/mol. The molecule has 0 atom stereocenters. The normalized spacial score (nSPS) is 10.0. The van der Waals surface area contributed by atoms with Gasteiger partial charge in [0.2, 0.25) is 0 Å². The quantitative estimate of drug-likeness (QED) is 0.534. The largest absolute Gasteiger partial charge is 0.272 e. The Hall–Kier alpha value is -1.45. The number of hydrogen-bond acceptors (Lipinski definition) is 2. The Kier molecular flexibility index (Phi) is 2.95. The Morgan fingerprint density at radius 1 is 1.54 bits per heavy atom. The Morgan fingerprint density at radius 3 is 2.69 bits per heavy atom. The van der Waals surface area contributed by atoms with Gasteiger partial charge in [-0.15, -0.1) is 0 Å². The van der Waals surface area contributed by atoms with Crippen LogP contribution >= 0.6 is 0 Å². The average molecular weight is 183 g/mol. The van der Waals surface area contributed by atoms with Crippen LogP contribution in [-0.4, -0.2) is 4.92 Å². The summed E-state index contributed by atoms with van der Waals surface area (Å²) in [5.74, 6) is -0.490. The molecule has 0 saturated carbocycles. The second-order valence-electron chi connectivity index (χ2n) is 2.78. The third kappa shape index (κ3) is 2.24. The fraction of sp³-hybridized carbons (Fsp3) is 0.333. The molecule has 0 fully saturated rings. The zero-order valence-corrected chi connectivity index (χ0v) is 7.29. The van der Waals surface area contributed by atoms with Crippen molar-refractivity contribution >= 4 is 5.69 Å². The fourth-order valence-corrected chi connectivity index (χ4v) is 1.12. The minimum atomic E-state index is -0.598. The molecular weight excluding hydrogens is 173 g/mol. The molecule has 1 aromatic rings. The van der Waals surface area contributed by atoms with Crippen LogP contribution in [0.25, 0.3) is 0 Å². The van der Waals surface area contributed by atoms with Crippen LogP contribution in [0.5, 0.6) is 0 Å². The first-order chi connectivity index (χ1) is 6.15. The molecule has 0 aromatic heterocycles. The van der Waals surface area contributed by atoms with Gasteiger partial charge in [0.1, 0.15) is 5.82 Å². The van der Waals surface area contributed by atoms with Gasteiger partial charge >= 0.3 is 0 Å². The van der Waals surface area contributed by atoms with Crippen molar-refractivity contribution in [2.24, 2.45) is 0 Å². The predicted molar refractivity (Wildman–Crippen MR) is 47.0 cm³/mol. The average Bonchev–Trinajstić information content (AvgIpc) is 2.08. The molecule has 0 saturated heterocycles. The minimum absolute atomic E-state index is 0.197. The second kappa shape index (κ2) is 3.98. The zero-order chi connectivity index (χ0) is 9.84. The summed E-state index contributed by atoms with van der Waals surface area (Å²) in [5, 5.41) is 10.3. The topological polar surface area (TPSA) is 43.1 Å². The number of rotatable bonds is 3. The molecule has 0 spiro atoms. The molecule has 70 valence electrons. The van der Waals surface area contributed by atoms with Gasteiger partial charge in [-0.25, -0.2) is 4.39 Å². The van der Waals surface area contributed by atoms with Crippen molar-refractivity contribution in [2.45, 2.75) is 19.8 Å². The van der Waals surface area contributed by atoms with Crippen molar-refractivity contribution in [2.75, 3.05) is 0 Å². The summed E-state index contributed by atoms with van der Waals surface area (Å²) in [6.45, 7) is 1.93. The highest BCUT2D eigenvalue weighted by molar-refractivity contribution is 5.34. The molecule has 1 aromatic carbocycles. The van der Waals surface area contributed by atoms with Gasteiger partial charge in [0.15, 0.2) is 0 Å². The third-order valence-electron chi connectivity index (χ3n) is 1.77. The van der Waals surface area contributed by atoms with Gasteiger partial charge in [-0.1, -0.05) is 13.3 Å². The molecule has 13 heavy (non-hydrogen) atoms. The highest BCUT2D eigenvalue weighted by Gasteiger charge is 2.09. The second-order valence-corrected chi connectivity index (χ2v) is 2.78. The highest BCUT2D eigenvalue weighted by atomic mass is 19.1. The van der Waals surface area contributed by atoms with Gasteiger partial charge < -0.3 is 0 Å². The lowest BCUT2D eigenvalue weighted by atomic mass is 10.1. The molecule has 0 radical (unpaired) electrons. The van der Waals surface area contributed by atoms with E-state index in [0.717, 1.165) is 12.5 Å². The van der Waals surface area contributed by atoms with E-state index in [2.05, 4.69) is 0 Å². The first-order valence-corrected chi connectivity index (χ1v) is 4.08. The summed E-state index contributed by atoms with van der Waals surface area (Å²) in [5.41, 5.74) is 0.338.